The number of halogens is 2. The lowest BCUT2D eigenvalue weighted by Crippen LogP contribution is -2.29. The van der Waals surface area contributed by atoms with E-state index in [9.17, 15) is 9.18 Å². The molecule has 0 saturated carbocycles. The Labute approximate surface area is 238 Å². The zero-order valence-electron chi connectivity index (χ0n) is 21.0. The second-order valence-electron chi connectivity index (χ2n) is 8.69. The van der Waals surface area contributed by atoms with Crippen LogP contribution in [0.1, 0.15) is 23.5 Å². The molecular formula is C28H24BrFN4O4S. The summed E-state index contributed by atoms with van der Waals surface area (Å²) in [4.78, 5) is 18.8. The summed E-state index contributed by atoms with van der Waals surface area (Å²) in [5.41, 5.74) is 2.65. The molecule has 2 aromatic carbocycles. The third kappa shape index (κ3) is 5.51. The number of nitrogens with zero attached hydrogens (tertiary/aromatic N) is 2. The highest BCUT2D eigenvalue weighted by atomic mass is 79.9. The van der Waals surface area contributed by atoms with Crippen LogP contribution < -0.4 is 20.3 Å². The van der Waals surface area contributed by atoms with Crippen molar-refractivity contribution in [1.29, 1.82) is 0 Å². The average molecular weight is 611 g/mol. The lowest BCUT2D eigenvalue weighted by Gasteiger charge is -2.27. The summed E-state index contributed by atoms with van der Waals surface area (Å²) >= 11 is 9.23. The molecule has 0 aliphatic carbocycles. The van der Waals surface area contributed by atoms with Gasteiger partial charge in [-0.15, -0.1) is 0 Å². The number of furan rings is 1. The lowest BCUT2D eigenvalue weighted by molar-refractivity contribution is -0.119. The molecule has 2 atom stereocenters. The lowest BCUT2D eigenvalue weighted by atomic mass is 10.0. The van der Waals surface area contributed by atoms with Crippen molar-refractivity contribution in [1.82, 2.24) is 10.3 Å². The van der Waals surface area contributed by atoms with Crippen LogP contribution in [0.3, 0.4) is 0 Å². The van der Waals surface area contributed by atoms with Gasteiger partial charge in [-0.2, -0.15) is 0 Å². The van der Waals surface area contributed by atoms with Crippen molar-refractivity contribution in [2.45, 2.75) is 12.1 Å². The second kappa shape index (κ2) is 11.5. The predicted molar refractivity (Wildman–Crippen MR) is 153 cm³/mol. The van der Waals surface area contributed by atoms with Crippen LogP contribution in [0.2, 0.25) is 0 Å². The summed E-state index contributed by atoms with van der Waals surface area (Å²) in [5, 5.41) is 6.66. The number of rotatable bonds is 8. The molecule has 1 fully saturated rings. The van der Waals surface area contributed by atoms with Gasteiger partial charge in [-0.1, -0.05) is 6.07 Å². The number of ether oxygens (including phenoxy) is 2. The first kappa shape index (κ1) is 26.8. The Bertz CT molecular complexity index is 1520. The molecule has 1 aliphatic heterocycles. The Morgan fingerprint density at radius 2 is 2.03 bits per heavy atom. The second-order valence-corrected chi connectivity index (χ2v) is 9.93. The number of anilines is 2. The normalized spacial score (nSPS) is 16.7. The monoisotopic (exact) mass is 610 g/mol. The van der Waals surface area contributed by atoms with Gasteiger partial charge in [0.1, 0.15) is 35.7 Å². The van der Waals surface area contributed by atoms with Gasteiger partial charge in [0.2, 0.25) is 5.91 Å². The van der Waals surface area contributed by atoms with Gasteiger partial charge >= 0.3 is 0 Å². The molecule has 39 heavy (non-hydrogen) atoms. The van der Waals surface area contributed by atoms with E-state index in [0.29, 0.717) is 43.8 Å². The fourth-order valence-electron chi connectivity index (χ4n) is 4.53. The van der Waals surface area contributed by atoms with E-state index in [2.05, 4.69) is 31.5 Å². The highest BCUT2D eigenvalue weighted by Crippen LogP contribution is 2.44. The summed E-state index contributed by atoms with van der Waals surface area (Å²) in [7, 11) is 2.98. The molecule has 0 bridgehead atoms. The Kier molecular flexibility index (Phi) is 7.92. The standard InChI is InChI=1S/C28H24BrFN4O4S/c1-36-15-25(35)32-21-14-17(7-9-23(21)37-2)34-27(26(33-28(34)39)20-5-3-4-12-31-20)24-11-10-22(38-24)18-8-6-16(30)13-19(18)29/h3-14,26-27H,15H2,1-2H3,(H,32,35)(H,33,39)/t26-,27-/m1/s1. The smallest absolute Gasteiger partial charge is 0.250 e. The third-order valence-corrected chi connectivity index (χ3v) is 7.19. The summed E-state index contributed by atoms with van der Waals surface area (Å²) in [6.45, 7) is -0.102. The highest BCUT2D eigenvalue weighted by Gasteiger charge is 2.43. The van der Waals surface area contributed by atoms with Gasteiger partial charge in [0, 0.05) is 29.0 Å². The molecule has 2 aromatic heterocycles. The molecular weight excluding hydrogens is 587 g/mol. The number of hydrogen-bond donors (Lipinski definition) is 2. The zero-order valence-corrected chi connectivity index (χ0v) is 23.4. The third-order valence-electron chi connectivity index (χ3n) is 6.22. The van der Waals surface area contributed by atoms with E-state index in [0.717, 1.165) is 5.69 Å². The van der Waals surface area contributed by atoms with Crippen molar-refractivity contribution in [3.05, 3.63) is 94.7 Å². The van der Waals surface area contributed by atoms with Crippen molar-refractivity contribution in [3.63, 3.8) is 0 Å². The summed E-state index contributed by atoms with van der Waals surface area (Å²) in [5.74, 6) is 0.998. The predicted octanol–water partition coefficient (Wildman–Crippen LogP) is 6.01. The number of carbonyl (C=O) groups is 1. The Hall–Kier alpha value is -3.80. The van der Waals surface area contributed by atoms with Crippen LogP contribution in [0.15, 0.2) is 81.8 Å². The maximum Gasteiger partial charge on any atom is 0.250 e. The maximum absolute atomic E-state index is 13.7. The van der Waals surface area contributed by atoms with E-state index in [1.165, 1.54) is 26.4 Å². The first-order chi connectivity index (χ1) is 18.9. The van der Waals surface area contributed by atoms with Crippen LogP contribution in [0.4, 0.5) is 15.8 Å². The van der Waals surface area contributed by atoms with Gasteiger partial charge in [0.05, 0.1) is 24.5 Å². The Morgan fingerprint density at radius 1 is 1.18 bits per heavy atom. The van der Waals surface area contributed by atoms with Crippen molar-refractivity contribution in [2.24, 2.45) is 0 Å². The zero-order chi connectivity index (χ0) is 27.5. The minimum Gasteiger partial charge on any atom is -0.495 e. The molecule has 8 nitrogen and oxygen atoms in total. The van der Waals surface area contributed by atoms with Gasteiger partial charge in [-0.25, -0.2) is 4.39 Å². The topological polar surface area (TPSA) is 88.9 Å². The molecule has 1 saturated heterocycles. The average Bonchev–Trinajstić information content (AvgIpc) is 3.54. The van der Waals surface area contributed by atoms with Crippen LogP contribution in [0.25, 0.3) is 11.3 Å². The van der Waals surface area contributed by atoms with E-state index in [1.807, 2.05) is 41.3 Å². The number of methoxy groups -OCH3 is 2. The van der Waals surface area contributed by atoms with Crippen molar-refractivity contribution < 1.29 is 23.1 Å². The Balaban J connectivity index is 1.59. The first-order valence-corrected chi connectivity index (χ1v) is 13.1. The van der Waals surface area contributed by atoms with Crippen LogP contribution in [-0.4, -0.2) is 36.8 Å². The molecule has 0 spiro atoms. The first-order valence-electron chi connectivity index (χ1n) is 11.9. The molecule has 11 heteroatoms. The van der Waals surface area contributed by atoms with E-state index < -0.39 is 6.04 Å². The number of amides is 1. The molecule has 1 amide bonds. The number of carbonyl (C=O) groups excluding carboxylic acids is 1. The summed E-state index contributed by atoms with van der Waals surface area (Å²) < 4.78 is 31.1. The number of hydrogen-bond acceptors (Lipinski definition) is 6. The SMILES string of the molecule is COCC(=O)Nc1cc(N2C(=S)N[C@H](c3ccccn3)[C@H]2c2ccc(-c3ccc(F)cc3Br)o2)ccc1OC. The van der Waals surface area contributed by atoms with E-state index in [-0.39, 0.29) is 24.4 Å². The molecule has 1 aliphatic rings. The van der Waals surface area contributed by atoms with E-state index >= 15 is 0 Å². The minimum absolute atomic E-state index is 0.102. The molecule has 3 heterocycles. The van der Waals surface area contributed by atoms with E-state index in [1.54, 1.807) is 24.4 Å². The fraction of sp³-hybridized carbons (Fsp3) is 0.179. The molecule has 0 radical (unpaired) electrons. The summed E-state index contributed by atoms with van der Waals surface area (Å²) in [6, 6.07) is 18.4. The van der Waals surface area contributed by atoms with Crippen LogP contribution >= 0.6 is 28.1 Å². The largest absolute Gasteiger partial charge is 0.495 e. The summed E-state index contributed by atoms with van der Waals surface area (Å²) in [6.07, 6.45) is 1.72. The van der Waals surface area contributed by atoms with Gasteiger partial charge in [0.25, 0.3) is 0 Å². The van der Waals surface area contributed by atoms with Gasteiger partial charge < -0.3 is 29.4 Å². The van der Waals surface area contributed by atoms with Gasteiger partial charge in [-0.3, -0.25) is 9.78 Å². The van der Waals surface area contributed by atoms with Crippen molar-refractivity contribution >= 4 is 50.5 Å². The van der Waals surface area contributed by atoms with Crippen LogP contribution in [0.5, 0.6) is 5.75 Å². The Morgan fingerprint density at radius 3 is 2.74 bits per heavy atom. The van der Waals surface area contributed by atoms with Crippen molar-refractivity contribution in [2.75, 3.05) is 31.0 Å². The minimum atomic E-state index is -0.434. The molecule has 5 rings (SSSR count). The number of pyridine rings is 1. The van der Waals surface area contributed by atoms with Crippen molar-refractivity contribution in [3.8, 4) is 17.1 Å². The molecule has 0 unspecified atom stereocenters. The quantitative estimate of drug-likeness (QED) is 0.234. The molecule has 2 N–H and O–H groups in total. The van der Waals surface area contributed by atoms with Crippen LogP contribution in [0, 0.1) is 5.82 Å². The van der Waals surface area contributed by atoms with Gasteiger partial charge in [-0.05, 0) is 88.8 Å². The van der Waals surface area contributed by atoms with Crippen LogP contribution in [-0.2, 0) is 9.53 Å². The fourth-order valence-corrected chi connectivity index (χ4v) is 5.42. The molecule has 4 aromatic rings. The number of thiocarbonyl (C=S) groups is 1. The number of nitrogens with one attached hydrogen (secondary N) is 2. The van der Waals surface area contributed by atoms with Gasteiger partial charge in [0.15, 0.2) is 5.11 Å². The molecule has 200 valence electrons. The number of aromatic nitrogens is 1. The highest BCUT2D eigenvalue weighted by molar-refractivity contribution is 9.10. The number of benzene rings is 2. The maximum atomic E-state index is 13.7. The van der Waals surface area contributed by atoms with E-state index in [4.69, 9.17) is 26.1 Å².